The standard InChI is InChI=1S/C11H7ClF3N3S/c12-9-2-1-7(3-8(9)11(13,14)15)18-5-6(4-16)10(17)19/h1-3,5,18H,(H2,17,19). The Bertz CT molecular complexity index is 576. The number of nitriles is 1. The van der Waals surface area contributed by atoms with Gasteiger partial charge in [-0.15, -0.1) is 0 Å². The van der Waals surface area contributed by atoms with Crippen molar-refractivity contribution in [3.63, 3.8) is 0 Å². The molecule has 0 bridgehead atoms. The van der Waals surface area contributed by atoms with Crippen LogP contribution in [0.3, 0.4) is 0 Å². The summed E-state index contributed by atoms with van der Waals surface area (Å²) in [4.78, 5) is -0.153. The highest BCUT2D eigenvalue weighted by Crippen LogP contribution is 2.36. The topological polar surface area (TPSA) is 61.8 Å². The van der Waals surface area contributed by atoms with E-state index in [1.807, 2.05) is 0 Å². The number of rotatable bonds is 3. The van der Waals surface area contributed by atoms with E-state index in [4.69, 9.17) is 22.6 Å². The summed E-state index contributed by atoms with van der Waals surface area (Å²) in [6.07, 6.45) is -3.43. The minimum Gasteiger partial charge on any atom is -0.389 e. The average Bonchev–Trinajstić information content (AvgIpc) is 2.30. The first-order valence-electron chi connectivity index (χ1n) is 4.79. The quantitative estimate of drug-likeness (QED) is 0.510. The maximum atomic E-state index is 12.6. The highest BCUT2D eigenvalue weighted by molar-refractivity contribution is 7.80. The zero-order chi connectivity index (χ0) is 14.6. The molecule has 0 unspecified atom stereocenters. The molecular weight excluding hydrogens is 299 g/mol. The van der Waals surface area contributed by atoms with Crippen molar-refractivity contribution in [2.75, 3.05) is 5.32 Å². The molecule has 3 nitrogen and oxygen atoms in total. The maximum absolute atomic E-state index is 12.6. The first-order chi connectivity index (χ1) is 8.75. The molecule has 0 aliphatic rings. The normalized spacial score (nSPS) is 11.8. The van der Waals surface area contributed by atoms with E-state index < -0.39 is 16.8 Å². The third-order valence-electron chi connectivity index (χ3n) is 2.04. The molecule has 0 aromatic heterocycles. The van der Waals surface area contributed by atoms with Crippen LogP contribution in [0.25, 0.3) is 0 Å². The molecular formula is C11H7ClF3N3S. The lowest BCUT2D eigenvalue weighted by atomic mass is 10.2. The van der Waals surface area contributed by atoms with Gasteiger partial charge >= 0.3 is 6.18 Å². The van der Waals surface area contributed by atoms with Crippen LogP contribution in [0.15, 0.2) is 30.0 Å². The van der Waals surface area contributed by atoms with Gasteiger partial charge in [-0.1, -0.05) is 23.8 Å². The molecule has 0 saturated carbocycles. The van der Waals surface area contributed by atoms with Gasteiger partial charge in [0.25, 0.3) is 0 Å². The van der Waals surface area contributed by atoms with Gasteiger partial charge in [0.1, 0.15) is 16.6 Å². The highest BCUT2D eigenvalue weighted by atomic mass is 35.5. The lowest BCUT2D eigenvalue weighted by Crippen LogP contribution is -2.11. The Morgan fingerprint density at radius 3 is 2.58 bits per heavy atom. The second kappa shape index (κ2) is 5.91. The zero-order valence-corrected chi connectivity index (χ0v) is 10.8. The van der Waals surface area contributed by atoms with Gasteiger partial charge in [0.15, 0.2) is 0 Å². The number of benzene rings is 1. The fraction of sp³-hybridized carbons (Fsp3) is 0.0909. The van der Waals surface area contributed by atoms with Crippen LogP contribution < -0.4 is 11.1 Å². The van der Waals surface area contributed by atoms with Crippen molar-refractivity contribution in [2.24, 2.45) is 5.73 Å². The molecule has 3 N–H and O–H groups in total. The van der Waals surface area contributed by atoms with Crippen LogP contribution in [-0.4, -0.2) is 4.99 Å². The molecule has 1 rings (SSSR count). The molecule has 100 valence electrons. The third kappa shape index (κ3) is 4.12. The molecule has 1 aromatic carbocycles. The van der Waals surface area contributed by atoms with E-state index in [-0.39, 0.29) is 16.2 Å². The molecule has 0 aliphatic heterocycles. The Morgan fingerprint density at radius 2 is 2.11 bits per heavy atom. The van der Waals surface area contributed by atoms with Crippen molar-refractivity contribution >= 4 is 34.5 Å². The molecule has 0 saturated heterocycles. The molecule has 0 fully saturated rings. The molecule has 0 spiro atoms. The summed E-state index contributed by atoms with van der Waals surface area (Å²) in [7, 11) is 0. The van der Waals surface area contributed by atoms with Gasteiger partial charge in [-0.05, 0) is 18.2 Å². The van der Waals surface area contributed by atoms with Crippen LogP contribution in [0.4, 0.5) is 18.9 Å². The number of hydrogen-bond acceptors (Lipinski definition) is 3. The predicted molar refractivity (Wildman–Crippen MR) is 70.6 cm³/mol. The number of thiocarbonyl (C=S) groups is 1. The van der Waals surface area contributed by atoms with Crippen LogP contribution in [0.1, 0.15) is 5.56 Å². The Labute approximate surface area is 117 Å². The summed E-state index contributed by atoms with van der Waals surface area (Å²) in [5.41, 5.74) is 4.33. The number of nitrogens with one attached hydrogen (secondary N) is 1. The van der Waals surface area contributed by atoms with Crippen molar-refractivity contribution in [3.8, 4) is 6.07 Å². The van der Waals surface area contributed by atoms with Gasteiger partial charge in [-0.2, -0.15) is 18.4 Å². The molecule has 8 heteroatoms. The minimum absolute atomic E-state index is 0.0430. The van der Waals surface area contributed by atoms with Crippen LogP contribution >= 0.6 is 23.8 Å². The summed E-state index contributed by atoms with van der Waals surface area (Å²) in [5, 5.41) is 10.8. The number of nitrogens with two attached hydrogens (primary N) is 1. The molecule has 0 radical (unpaired) electrons. The number of alkyl halides is 3. The van der Waals surface area contributed by atoms with Gasteiger partial charge in [0, 0.05) is 11.9 Å². The Hall–Kier alpha value is -1.78. The van der Waals surface area contributed by atoms with Crippen molar-refractivity contribution in [1.82, 2.24) is 0 Å². The monoisotopic (exact) mass is 305 g/mol. The van der Waals surface area contributed by atoms with E-state index in [2.05, 4.69) is 17.5 Å². The van der Waals surface area contributed by atoms with E-state index in [0.29, 0.717) is 0 Å². The van der Waals surface area contributed by atoms with E-state index >= 15 is 0 Å². The van der Waals surface area contributed by atoms with Gasteiger partial charge in [-0.25, -0.2) is 0 Å². The Morgan fingerprint density at radius 1 is 1.47 bits per heavy atom. The van der Waals surface area contributed by atoms with Gasteiger partial charge in [0.05, 0.1) is 10.6 Å². The predicted octanol–water partition coefficient (Wildman–Crippen LogP) is 3.46. The summed E-state index contributed by atoms with van der Waals surface area (Å²) in [6, 6.07) is 4.98. The fourth-order valence-corrected chi connectivity index (χ4v) is 1.48. The largest absolute Gasteiger partial charge is 0.417 e. The van der Waals surface area contributed by atoms with Gasteiger partial charge < -0.3 is 11.1 Å². The van der Waals surface area contributed by atoms with Crippen LogP contribution in [0.5, 0.6) is 0 Å². The summed E-state index contributed by atoms with van der Waals surface area (Å²) in [6.45, 7) is 0. The number of nitrogens with zero attached hydrogens (tertiary/aromatic N) is 1. The smallest absolute Gasteiger partial charge is 0.389 e. The maximum Gasteiger partial charge on any atom is 0.417 e. The lowest BCUT2D eigenvalue weighted by molar-refractivity contribution is -0.137. The van der Waals surface area contributed by atoms with Crippen molar-refractivity contribution in [3.05, 3.63) is 40.6 Å². The van der Waals surface area contributed by atoms with E-state index in [9.17, 15) is 13.2 Å². The number of anilines is 1. The molecule has 1 aromatic rings. The van der Waals surface area contributed by atoms with Crippen LogP contribution in [0.2, 0.25) is 5.02 Å². The first-order valence-corrected chi connectivity index (χ1v) is 5.57. The molecule has 0 amide bonds. The third-order valence-corrected chi connectivity index (χ3v) is 2.59. The van der Waals surface area contributed by atoms with Gasteiger partial charge in [0.2, 0.25) is 0 Å². The average molecular weight is 306 g/mol. The second-order valence-corrected chi connectivity index (χ2v) is 4.22. The SMILES string of the molecule is N#CC(=CNc1ccc(Cl)c(C(F)(F)F)c1)C(N)=S. The zero-order valence-electron chi connectivity index (χ0n) is 9.25. The van der Waals surface area contributed by atoms with E-state index in [1.54, 1.807) is 6.07 Å². The molecule has 19 heavy (non-hydrogen) atoms. The molecule has 0 heterocycles. The van der Waals surface area contributed by atoms with E-state index in [1.165, 1.54) is 6.07 Å². The lowest BCUT2D eigenvalue weighted by Gasteiger charge is -2.10. The van der Waals surface area contributed by atoms with Crippen molar-refractivity contribution in [2.45, 2.75) is 6.18 Å². The second-order valence-electron chi connectivity index (χ2n) is 3.37. The highest BCUT2D eigenvalue weighted by Gasteiger charge is 2.33. The summed E-state index contributed by atoms with van der Waals surface area (Å²) < 4.78 is 37.8. The number of hydrogen-bond donors (Lipinski definition) is 2. The Balaban J connectivity index is 3.06. The summed E-state index contributed by atoms with van der Waals surface area (Å²) in [5.74, 6) is 0. The molecule has 0 aliphatic carbocycles. The minimum atomic E-state index is -4.56. The fourth-order valence-electron chi connectivity index (χ4n) is 1.15. The van der Waals surface area contributed by atoms with Crippen molar-refractivity contribution in [1.29, 1.82) is 5.26 Å². The van der Waals surface area contributed by atoms with Crippen LogP contribution in [0, 0.1) is 11.3 Å². The van der Waals surface area contributed by atoms with Gasteiger partial charge in [-0.3, -0.25) is 0 Å². The van der Waals surface area contributed by atoms with E-state index in [0.717, 1.165) is 18.3 Å². The number of halogens is 4. The summed E-state index contributed by atoms with van der Waals surface area (Å²) >= 11 is 10.0. The van der Waals surface area contributed by atoms with Crippen LogP contribution in [-0.2, 0) is 6.18 Å². The first kappa shape index (κ1) is 15.3. The molecule has 0 atom stereocenters. The van der Waals surface area contributed by atoms with Crippen molar-refractivity contribution < 1.29 is 13.2 Å². The Kier molecular flexibility index (Phi) is 4.75.